The summed E-state index contributed by atoms with van der Waals surface area (Å²) in [6.07, 6.45) is 0. The molecule has 0 radical (unpaired) electrons. The molecule has 0 spiro atoms. The molecule has 1 unspecified atom stereocenters. The lowest BCUT2D eigenvalue weighted by Crippen LogP contribution is -2.35. The molecule has 1 saturated heterocycles. The lowest BCUT2D eigenvalue weighted by Gasteiger charge is -2.21. The normalized spacial score (nSPS) is 29.0. The lowest BCUT2D eigenvalue weighted by molar-refractivity contribution is 0.164. The second-order valence-corrected chi connectivity index (χ2v) is 5.71. The molecular weight excluding hydrogens is 274 g/mol. The van der Waals surface area contributed by atoms with E-state index in [9.17, 15) is 4.79 Å². The highest BCUT2D eigenvalue weighted by atomic mass is 16.6. The Morgan fingerprint density at radius 3 is 2.86 bits per heavy atom. The molecule has 2 aliphatic heterocycles. The summed E-state index contributed by atoms with van der Waals surface area (Å²) in [5, 5.41) is 11.9. The van der Waals surface area contributed by atoms with Crippen molar-refractivity contribution in [1.29, 1.82) is 0 Å². The van der Waals surface area contributed by atoms with Crippen LogP contribution in [-0.2, 0) is 0 Å². The average molecular weight is 291 g/mol. The highest BCUT2D eigenvalue weighted by molar-refractivity contribution is 5.88. The topological polar surface area (TPSA) is 83.9 Å². The van der Waals surface area contributed by atoms with Gasteiger partial charge in [0.2, 0.25) is 0 Å². The summed E-state index contributed by atoms with van der Waals surface area (Å²) >= 11 is 0. The second kappa shape index (κ2) is 4.77. The van der Waals surface area contributed by atoms with Crippen LogP contribution in [0.1, 0.15) is 0 Å². The molecular formula is C14H17N3O4. The van der Waals surface area contributed by atoms with Gasteiger partial charge < -0.3 is 19.5 Å². The van der Waals surface area contributed by atoms with Crippen LogP contribution in [0, 0.1) is 17.8 Å². The number of urea groups is 1. The molecule has 1 aromatic rings. The third-order valence-corrected chi connectivity index (χ3v) is 4.51. The first-order valence-electron chi connectivity index (χ1n) is 7.19. The highest BCUT2D eigenvalue weighted by Crippen LogP contribution is 2.51. The van der Waals surface area contributed by atoms with E-state index in [-0.39, 0.29) is 12.6 Å². The van der Waals surface area contributed by atoms with Gasteiger partial charge in [-0.25, -0.2) is 4.79 Å². The van der Waals surface area contributed by atoms with Gasteiger partial charge in [0.1, 0.15) is 19.0 Å². The van der Waals surface area contributed by atoms with Crippen LogP contribution < -0.4 is 14.8 Å². The SMILES string of the molecule is O=C(Nc1ccc2c(n1)OCCO2)N1C[C@@H]2C(CO)[C@@H]2C1. The van der Waals surface area contributed by atoms with Gasteiger partial charge in [0.05, 0.1) is 0 Å². The van der Waals surface area contributed by atoms with E-state index in [1.54, 1.807) is 17.0 Å². The summed E-state index contributed by atoms with van der Waals surface area (Å²) < 4.78 is 10.8. The first-order chi connectivity index (χ1) is 10.3. The zero-order valence-electron chi connectivity index (χ0n) is 11.5. The van der Waals surface area contributed by atoms with Crippen LogP contribution in [0.3, 0.4) is 0 Å². The number of hydrogen-bond donors (Lipinski definition) is 2. The molecule has 1 aliphatic carbocycles. The summed E-state index contributed by atoms with van der Waals surface area (Å²) in [7, 11) is 0. The fraction of sp³-hybridized carbons (Fsp3) is 0.571. The predicted octanol–water partition coefficient (Wildman–Crippen LogP) is 0.555. The molecule has 7 heteroatoms. The Morgan fingerprint density at radius 2 is 2.10 bits per heavy atom. The van der Waals surface area contributed by atoms with Crippen LogP contribution in [0.5, 0.6) is 11.6 Å². The van der Waals surface area contributed by atoms with Crippen LogP contribution >= 0.6 is 0 Å². The van der Waals surface area contributed by atoms with Gasteiger partial charge in [-0.3, -0.25) is 5.32 Å². The minimum atomic E-state index is -0.150. The van der Waals surface area contributed by atoms with Crippen LogP contribution in [-0.4, -0.2) is 53.9 Å². The van der Waals surface area contributed by atoms with Gasteiger partial charge in [-0.2, -0.15) is 4.98 Å². The molecule has 7 nitrogen and oxygen atoms in total. The number of nitrogens with zero attached hydrogens (tertiary/aromatic N) is 2. The van der Waals surface area contributed by atoms with Gasteiger partial charge in [0, 0.05) is 19.7 Å². The van der Waals surface area contributed by atoms with E-state index in [0.29, 0.717) is 61.5 Å². The van der Waals surface area contributed by atoms with Gasteiger partial charge >= 0.3 is 6.03 Å². The molecule has 112 valence electrons. The van der Waals surface area contributed by atoms with Gasteiger partial charge in [0.25, 0.3) is 5.88 Å². The smallest absolute Gasteiger partial charge is 0.323 e. The van der Waals surface area contributed by atoms with E-state index in [2.05, 4.69) is 10.3 Å². The molecule has 2 N–H and O–H groups in total. The third-order valence-electron chi connectivity index (χ3n) is 4.51. The van der Waals surface area contributed by atoms with E-state index >= 15 is 0 Å². The van der Waals surface area contributed by atoms with Crippen molar-refractivity contribution < 1.29 is 19.4 Å². The molecule has 3 heterocycles. The zero-order valence-corrected chi connectivity index (χ0v) is 11.5. The van der Waals surface area contributed by atoms with Crippen molar-refractivity contribution in [2.24, 2.45) is 17.8 Å². The van der Waals surface area contributed by atoms with Gasteiger partial charge in [-0.1, -0.05) is 0 Å². The summed E-state index contributed by atoms with van der Waals surface area (Å²) in [6, 6.07) is 3.31. The monoisotopic (exact) mass is 291 g/mol. The molecule has 2 fully saturated rings. The Kier molecular flexibility index (Phi) is 2.88. The number of rotatable bonds is 2. The third kappa shape index (κ3) is 2.17. The Balaban J connectivity index is 1.39. The summed E-state index contributed by atoms with van der Waals surface area (Å²) in [6.45, 7) is 2.64. The molecule has 1 saturated carbocycles. The Labute approximate surface area is 121 Å². The number of hydrogen-bond acceptors (Lipinski definition) is 5. The van der Waals surface area contributed by atoms with Crippen LogP contribution in [0.25, 0.3) is 0 Å². The van der Waals surface area contributed by atoms with Crippen molar-refractivity contribution in [2.75, 3.05) is 38.2 Å². The van der Waals surface area contributed by atoms with Crippen molar-refractivity contribution in [2.45, 2.75) is 0 Å². The fourth-order valence-corrected chi connectivity index (χ4v) is 3.28. The van der Waals surface area contributed by atoms with Crippen molar-refractivity contribution in [1.82, 2.24) is 9.88 Å². The van der Waals surface area contributed by atoms with E-state index in [4.69, 9.17) is 14.6 Å². The number of anilines is 1. The number of aromatic nitrogens is 1. The highest BCUT2D eigenvalue weighted by Gasteiger charge is 2.56. The molecule has 1 aromatic heterocycles. The summed E-state index contributed by atoms with van der Waals surface area (Å²) in [4.78, 5) is 18.2. The van der Waals surface area contributed by atoms with Crippen molar-refractivity contribution in [3.8, 4) is 11.6 Å². The number of pyridine rings is 1. The van der Waals surface area contributed by atoms with Crippen molar-refractivity contribution in [3.63, 3.8) is 0 Å². The molecule has 2 amide bonds. The molecule has 3 atom stereocenters. The molecule has 0 bridgehead atoms. The van der Waals surface area contributed by atoms with E-state index in [1.165, 1.54) is 0 Å². The first kappa shape index (κ1) is 12.7. The zero-order chi connectivity index (χ0) is 14.4. The number of carbonyl (C=O) groups is 1. The van der Waals surface area contributed by atoms with Crippen LogP contribution in [0.2, 0.25) is 0 Å². The van der Waals surface area contributed by atoms with E-state index < -0.39 is 0 Å². The minimum absolute atomic E-state index is 0.150. The molecule has 21 heavy (non-hydrogen) atoms. The Hall–Kier alpha value is -2.02. The number of carbonyl (C=O) groups excluding carboxylic acids is 1. The number of likely N-dealkylation sites (tertiary alicyclic amines) is 1. The standard InChI is InChI=1S/C14H17N3O4/c18-7-10-8-5-17(6-9(8)10)14(19)16-12-2-1-11-13(15-12)21-4-3-20-11/h1-2,8-10,18H,3-7H2,(H,15,16,19)/t8-,9+,10?. The van der Waals surface area contributed by atoms with Crippen molar-refractivity contribution >= 4 is 11.8 Å². The van der Waals surface area contributed by atoms with Crippen molar-refractivity contribution in [3.05, 3.63) is 12.1 Å². The Morgan fingerprint density at radius 1 is 1.33 bits per heavy atom. The lowest BCUT2D eigenvalue weighted by atomic mass is 10.3. The average Bonchev–Trinajstić information content (AvgIpc) is 2.98. The number of nitrogens with one attached hydrogen (secondary N) is 1. The number of ether oxygens (including phenoxy) is 2. The predicted molar refractivity (Wildman–Crippen MR) is 73.4 cm³/mol. The molecule has 4 rings (SSSR count). The number of aliphatic hydroxyl groups is 1. The number of piperidine rings is 1. The Bertz CT molecular complexity index is 567. The van der Waals surface area contributed by atoms with Gasteiger partial charge in [-0.15, -0.1) is 0 Å². The number of aliphatic hydroxyl groups excluding tert-OH is 1. The summed E-state index contributed by atoms with van der Waals surface area (Å²) in [5.41, 5.74) is 0. The van der Waals surface area contributed by atoms with Crippen LogP contribution in [0.4, 0.5) is 10.6 Å². The number of fused-ring (bicyclic) bond motifs is 2. The molecule has 3 aliphatic rings. The number of amides is 2. The second-order valence-electron chi connectivity index (χ2n) is 5.71. The minimum Gasteiger partial charge on any atom is -0.484 e. The van der Waals surface area contributed by atoms with Gasteiger partial charge in [0.15, 0.2) is 5.75 Å². The van der Waals surface area contributed by atoms with E-state index in [1.807, 2.05) is 0 Å². The molecule has 0 aromatic carbocycles. The largest absolute Gasteiger partial charge is 0.484 e. The fourth-order valence-electron chi connectivity index (χ4n) is 3.28. The van der Waals surface area contributed by atoms with Crippen LogP contribution in [0.15, 0.2) is 12.1 Å². The maximum atomic E-state index is 12.2. The summed E-state index contributed by atoms with van der Waals surface area (Å²) in [5.74, 6) is 2.81. The van der Waals surface area contributed by atoms with E-state index in [0.717, 1.165) is 0 Å². The quantitative estimate of drug-likeness (QED) is 0.831. The maximum absolute atomic E-state index is 12.2. The maximum Gasteiger partial charge on any atom is 0.323 e. The van der Waals surface area contributed by atoms with Gasteiger partial charge in [-0.05, 0) is 29.9 Å². The first-order valence-corrected chi connectivity index (χ1v) is 7.19.